The number of carbonyl (C=O) groups is 2. The topological polar surface area (TPSA) is 68.5 Å². The highest BCUT2D eigenvalue weighted by atomic mass is 35.5. The van der Waals surface area contributed by atoms with Crippen LogP contribution in [0.25, 0.3) is 11.3 Å². The van der Waals surface area contributed by atoms with E-state index in [1.807, 2.05) is 0 Å². The van der Waals surface area contributed by atoms with Crippen LogP contribution in [-0.2, 0) is 17.6 Å². The van der Waals surface area contributed by atoms with Crippen LogP contribution in [0.4, 0.5) is 5.00 Å². The zero-order chi connectivity index (χ0) is 21.3. The highest BCUT2D eigenvalue weighted by molar-refractivity contribution is 7.17. The normalized spacial score (nSPS) is 13.0. The molecule has 156 valence electrons. The number of rotatable bonds is 5. The highest BCUT2D eigenvalue weighted by Crippen LogP contribution is 2.39. The van der Waals surface area contributed by atoms with E-state index in [1.54, 1.807) is 37.3 Å². The fraction of sp³-hybridized carbons (Fsp3) is 0.273. The predicted octanol–water partition coefficient (Wildman–Crippen LogP) is 6.62. The Morgan fingerprint density at radius 1 is 1.17 bits per heavy atom. The summed E-state index contributed by atoms with van der Waals surface area (Å²) in [6.45, 7) is 2.04. The number of amides is 1. The van der Waals surface area contributed by atoms with Crippen molar-refractivity contribution in [1.82, 2.24) is 0 Å². The van der Waals surface area contributed by atoms with Gasteiger partial charge in [0.25, 0.3) is 5.91 Å². The van der Waals surface area contributed by atoms with Gasteiger partial charge in [0.1, 0.15) is 10.8 Å². The van der Waals surface area contributed by atoms with Crippen LogP contribution in [0.1, 0.15) is 51.1 Å². The molecule has 0 atom stereocenters. The summed E-state index contributed by atoms with van der Waals surface area (Å²) < 4.78 is 11.0. The van der Waals surface area contributed by atoms with Crippen LogP contribution in [0, 0.1) is 0 Å². The van der Waals surface area contributed by atoms with Gasteiger partial charge in [0.2, 0.25) is 0 Å². The third kappa shape index (κ3) is 4.13. The number of nitrogens with one attached hydrogen (secondary N) is 1. The molecule has 8 heteroatoms. The molecule has 1 amide bonds. The van der Waals surface area contributed by atoms with Crippen molar-refractivity contribution >= 4 is 51.4 Å². The van der Waals surface area contributed by atoms with Gasteiger partial charge in [0.15, 0.2) is 5.76 Å². The first-order valence-electron chi connectivity index (χ1n) is 9.66. The Labute approximate surface area is 187 Å². The monoisotopic (exact) mass is 463 g/mol. The summed E-state index contributed by atoms with van der Waals surface area (Å²) in [7, 11) is 0. The lowest BCUT2D eigenvalue weighted by atomic mass is 9.95. The van der Waals surface area contributed by atoms with Crippen molar-refractivity contribution in [3.63, 3.8) is 0 Å². The summed E-state index contributed by atoms with van der Waals surface area (Å²) >= 11 is 13.6. The third-order valence-electron chi connectivity index (χ3n) is 4.90. The van der Waals surface area contributed by atoms with E-state index in [1.165, 1.54) is 11.3 Å². The number of anilines is 1. The maximum Gasteiger partial charge on any atom is 0.341 e. The lowest BCUT2D eigenvalue weighted by Gasteiger charge is -2.12. The van der Waals surface area contributed by atoms with Gasteiger partial charge < -0.3 is 14.5 Å². The minimum atomic E-state index is -0.435. The Hall–Kier alpha value is -2.28. The molecule has 2 aromatic heterocycles. The molecule has 0 bridgehead atoms. The molecule has 0 aliphatic heterocycles. The molecular formula is C22H19Cl2NO4S. The van der Waals surface area contributed by atoms with Crippen LogP contribution >= 0.6 is 34.5 Å². The van der Waals surface area contributed by atoms with Gasteiger partial charge in [-0.3, -0.25) is 4.79 Å². The third-order valence-corrected chi connectivity index (χ3v) is 6.66. The average molecular weight is 464 g/mol. The largest absolute Gasteiger partial charge is 0.462 e. The molecule has 2 heterocycles. The second kappa shape index (κ2) is 8.84. The molecule has 1 aromatic carbocycles. The minimum absolute atomic E-state index is 0.122. The molecule has 5 nitrogen and oxygen atoms in total. The predicted molar refractivity (Wildman–Crippen MR) is 119 cm³/mol. The zero-order valence-corrected chi connectivity index (χ0v) is 18.5. The van der Waals surface area contributed by atoms with Gasteiger partial charge in [-0.05, 0) is 68.5 Å². The summed E-state index contributed by atoms with van der Waals surface area (Å²) in [5, 5.41) is 4.30. The molecule has 0 saturated heterocycles. The van der Waals surface area contributed by atoms with E-state index in [0.29, 0.717) is 31.9 Å². The fourth-order valence-electron chi connectivity index (χ4n) is 3.53. The Balaban J connectivity index is 1.61. The number of fused-ring (bicyclic) bond motifs is 1. The molecule has 0 saturated carbocycles. The van der Waals surface area contributed by atoms with E-state index in [4.69, 9.17) is 32.4 Å². The number of carbonyl (C=O) groups excluding carboxylic acids is 2. The van der Waals surface area contributed by atoms with E-state index in [2.05, 4.69) is 5.32 Å². The van der Waals surface area contributed by atoms with E-state index >= 15 is 0 Å². The number of hydrogen-bond donors (Lipinski definition) is 1. The Kier molecular flexibility index (Phi) is 6.18. The lowest BCUT2D eigenvalue weighted by Crippen LogP contribution is -2.15. The van der Waals surface area contributed by atoms with Crippen molar-refractivity contribution in [2.24, 2.45) is 0 Å². The van der Waals surface area contributed by atoms with Crippen LogP contribution in [0.15, 0.2) is 34.7 Å². The summed E-state index contributed by atoms with van der Waals surface area (Å²) in [6.07, 6.45) is 3.82. The van der Waals surface area contributed by atoms with Gasteiger partial charge in [0.05, 0.1) is 17.2 Å². The highest BCUT2D eigenvalue weighted by Gasteiger charge is 2.28. The number of furan rings is 1. The maximum atomic E-state index is 12.8. The Bertz CT molecular complexity index is 1120. The number of thiophene rings is 1. The summed E-state index contributed by atoms with van der Waals surface area (Å²) in [5.74, 6) is -0.258. The quantitative estimate of drug-likeness (QED) is 0.431. The Morgan fingerprint density at radius 2 is 1.97 bits per heavy atom. The van der Waals surface area contributed by atoms with E-state index in [9.17, 15) is 9.59 Å². The molecule has 0 spiro atoms. The molecule has 4 rings (SSSR count). The molecule has 30 heavy (non-hydrogen) atoms. The molecule has 0 unspecified atom stereocenters. The van der Waals surface area contributed by atoms with E-state index in [-0.39, 0.29) is 12.4 Å². The standard InChI is InChI=1S/C22H19Cl2NO4S/c1-2-28-22(27)19-14-5-3-4-6-18(14)30-21(19)25-20(26)17-10-9-16(29-17)13-8-7-12(23)11-15(13)24/h7-11H,2-6H2,1H3,(H,25,26). The van der Waals surface area contributed by atoms with Crippen LogP contribution in [0.3, 0.4) is 0 Å². The second-order valence-corrected chi connectivity index (χ2v) is 8.83. The number of halogens is 2. The van der Waals surface area contributed by atoms with Gasteiger partial charge in [0, 0.05) is 15.5 Å². The van der Waals surface area contributed by atoms with Crippen LogP contribution in [0.5, 0.6) is 0 Å². The number of aryl methyl sites for hydroxylation is 1. The van der Waals surface area contributed by atoms with Crippen molar-refractivity contribution in [2.75, 3.05) is 11.9 Å². The molecule has 0 radical (unpaired) electrons. The molecule has 3 aromatic rings. The van der Waals surface area contributed by atoms with Crippen molar-refractivity contribution in [3.8, 4) is 11.3 Å². The van der Waals surface area contributed by atoms with Gasteiger partial charge in [-0.15, -0.1) is 11.3 Å². The second-order valence-electron chi connectivity index (χ2n) is 6.88. The maximum absolute atomic E-state index is 12.8. The summed E-state index contributed by atoms with van der Waals surface area (Å²) in [6, 6.07) is 8.30. The molecular weight excluding hydrogens is 445 g/mol. The molecule has 1 N–H and O–H groups in total. The SMILES string of the molecule is CCOC(=O)c1c(NC(=O)c2ccc(-c3ccc(Cl)cc3Cl)o2)sc2c1CCCC2. The zero-order valence-electron chi connectivity index (χ0n) is 16.2. The number of benzene rings is 1. The summed E-state index contributed by atoms with van der Waals surface area (Å²) in [5.41, 5.74) is 2.10. The first-order valence-corrected chi connectivity index (χ1v) is 11.2. The Morgan fingerprint density at radius 3 is 2.73 bits per heavy atom. The summed E-state index contributed by atoms with van der Waals surface area (Å²) in [4.78, 5) is 26.5. The van der Waals surface area contributed by atoms with Crippen LogP contribution in [-0.4, -0.2) is 18.5 Å². The first-order chi connectivity index (χ1) is 14.5. The number of esters is 1. The van der Waals surface area contributed by atoms with Crippen molar-refractivity contribution in [2.45, 2.75) is 32.6 Å². The smallest absolute Gasteiger partial charge is 0.341 e. The van der Waals surface area contributed by atoms with Crippen LogP contribution < -0.4 is 5.32 Å². The number of ether oxygens (including phenoxy) is 1. The van der Waals surface area contributed by atoms with Gasteiger partial charge in [-0.2, -0.15) is 0 Å². The molecule has 1 aliphatic carbocycles. The first kappa shape index (κ1) is 21.0. The van der Waals surface area contributed by atoms with E-state index < -0.39 is 11.9 Å². The van der Waals surface area contributed by atoms with Gasteiger partial charge >= 0.3 is 5.97 Å². The minimum Gasteiger partial charge on any atom is -0.462 e. The van der Waals surface area contributed by atoms with Crippen molar-refractivity contribution in [1.29, 1.82) is 0 Å². The van der Waals surface area contributed by atoms with Crippen LogP contribution in [0.2, 0.25) is 10.0 Å². The molecule has 1 aliphatic rings. The fourth-order valence-corrected chi connectivity index (χ4v) is 5.31. The van der Waals surface area contributed by atoms with Gasteiger partial charge in [-0.1, -0.05) is 23.2 Å². The van der Waals surface area contributed by atoms with Crippen molar-refractivity contribution in [3.05, 3.63) is 62.1 Å². The van der Waals surface area contributed by atoms with E-state index in [0.717, 1.165) is 36.1 Å². The molecule has 0 fully saturated rings. The number of hydrogen-bond acceptors (Lipinski definition) is 5. The van der Waals surface area contributed by atoms with Gasteiger partial charge in [-0.25, -0.2) is 4.79 Å². The average Bonchev–Trinajstić information content (AvgIpc) is 3.33. The lowest BCUT2D eigenvalue weighted by molar-refractivity contribution is 0.0526. The van der Waals surface area contributed by atoms with Crippen molar-refractivity contribution < 1.29 is 18.7 Å².